The van der Waals surface area contributed by atoms with Crippen molar-refractivity contribution in [1.29, 1.82) is 0 Å². The lowest BCUT2D eigenvalue weighted by atomic mass is 10.2. The standard InChI is InChI=1S/C13H10ClO/c14-10-11-5-4-8-13(9-11)15-12-6-2-1-3-7-12/h1-10H. The molecule has 75 valence electrons. The number of hydrogen-bond acceptors (Lipinski definition) is 1. The van der Waals surface area contributed by atoms with Crippen molar-refractivity contribution in [1.82, 2.24) is 0 Å². The summed E-state index contributed by atoms with van der Waals surface area (Å²) >= 11 is 5.62. The zero-order valence-electron chi connectivity index (χ0n) is 8.06. The van der Waals surface area contributed by atoms with Gasteiger partial charge in [0.25, 0.3) is 0 Å². The summed E-state index contributed by atoms with van der Waals surface area (Å²) in [4.78, 5) is 0. The van der Waals surface area contributed by atoms with Crippen LogP contribution in [-0.2, 0) is 0 Å². The van der Waals surface area contributed by atoms with Gasteiger partial charge in [0.05, 0.1) is 5.88 Å². The third kappa shape index (κ3) is 2.74. The predicted octanol–water partition coefficient (Wildman–Crippen LogP) is 4.23. The number of halogens is 1. The maximum Gasteiger partial charge on any atom is 0.127 e. The van der Waals surface area contributed by atoms with Crippen molar-refractivity contribution in [3.05, 3.63) is 66.0 Å². The van der Waals surface area contributed by atoms with Crippen LogP contribution in [0.2, 0.25) is 0 Å². The molecule has 0 aliphatic rings. The molecule has 0 saturated carbocycles. The summed E-state index contributed by atoms with van der Waals surface area (Å²) in [5.41, 5.74) is 0.935. The molecule has 1 radical (unpaired) electrons. The summed E-state index contributed by atoms with van der Waals surface area (Å²) in [6.07, 6.45) is 0. The van der Waals surface area contributed by atoms with Crippen LogP contribution in [0.25, 0.3) is 0 Å². The number of hydrogen-bond donors (Lipinski definition) is 0. The van der Waals surface area contributed by atoms with Gasteiger partial charge in [-0.1, -0.05) is 30.3 Å². The summed E-state index contributed by atoms with van der Waals surface area (Å²) in [5, 5.41) is 0. The molecule has 0 spiro atoms. The smallest absolute Gasteiger partial charge is 0.127 e. The Morgan fingerprint density at radius 3 is 2.33 bits per heavy atom. The molecule has 0 N–H and O–H groups in total. The summed E-state index contributed by atoms with van der Waals surface area (Å²) in [5.74, 6) is 3.14. The molecule has 0 saturated heterocycles. The lowest BCUT2D eigenvalue weighted by Crippen LogP contribution is -1.84. The van der Waals surface area contributed by atoms with Crippen LogP contribution >= 0.6 is 11.6 Å². The highest BCUT2D eigenvalue weighted by molar-refractivity contribution is 6.25. The summed E-state index contributed by atoms with van der Waals surface area (Å²) in [6.45, 7) is 0. The fourth-order valence-electron chi connectivity index (χ4n) is 1.27. The third-order valence-corrected chi connectivity index (χ3v) is 2.21. The maximum atomic E-state index is 5.64. The van der Waals surface area contributed by atoms with Crippen molar-refractivity contribution in [2.75, 3.05) is 0 Å². The van der Waals surface area contributed by atoms with E-state index >= 15 is 0 Å². The molecule has 2 aromatic carbocycles. The Morgan fingerprint density at radius 1 is 0.867 bits per heavy atom. The number of para-hydroxylation sites is 1. The van der Waals surface area contributed by atoms with Crippen molar-refractivity contribution < 1.29 is 4.74 Å². The van der Waals surface area contributed by atoms with Crippen molar-refractivity contribution in [2.45, 2.75) is 0 Å². The molecule has 1 nitrogen and oxygen atoms in total. The zero-order chi connectivity index (χ0) is 10.5. The minimum atomic E-state index is 0.788. The molecule has 0 atom stereocenters. The van der Waals surface area contributed by atoms with Gasteiger partial charge in [-0.15, -0.1) is 11.6 Å². The van der Waals surface area contributed by atoms with Gasteiger partial charge in [-0.25, -0.2) is 0 Å². The van der Waals surface area contributed by atoms with E-state index in [-0.39, 0.29) is 0 Å². The molecule has 0 bridgehead atoms. The average molecular weight is 218 g/mol. The fourth-order valence-corrected chi connectivity index (χ4v) is 1.41. The first kappa shape index (κ1) is 10.1. The van der Waals surface area contributed by atoms with Crippen LogP contribution in [0.15, 0.2) is 54.6 Å². The van der Waals surface area contributed by atoms with Crippen molar-refractivity contribution >= 4 is 11.6 Å². The average Bonchev–Trinajstić information content (AvgIpc) is 2.31. The summed E-state index contributed by atoms with van der Waals surface area (Å²) < 4.78 is 5.64. The van der Waals surface area contributed by atoms with E-state index in [4.69, 9.17) is 16.3 Å². The van der Waals surface area contributed by atoms with Gasteiger partial charge in [-0.05, 0) is 29.8 Å². The molecule has 0 heterocycles. The number of rotatable bonds is 3. The molecule has 0 aliphatic carbocycles. The minimum Gasteiger partial charge on any atom is -0.457 e. The Balaban J connectivity index is 2.17. The monoisotopic (exact) mass is 217 g/mol. The number of ether oxygens (including phenoxy) is 1. The number of benzene rings is 2. The molecule has 0 fully saturated rings. The summed E-state index contributed by atoms with van der Waals surface area (Å²) in [6, 6.07) is 17.3. The molecule has 2 heteroatoms. The van der Waals surface area contributed by atoms with Crippen LogP contribution < -0.4 is 4.74 Å². The Bertz CT molecular complexity index is 426. The molecule has 2 aromatic rings. The summed E-state index contributed by atoms with van der Waals surface area (Å²) in [7, 11) is 0. The first-order valence-electron chi connectivity index (χ1n) is 4.65. The lowest BCUT2D eigenvalue weighted by Gasteiger charge is -2.05. The van der Waals surface area contributed by atoms with Gasteiger partial charge in [0, 0.05) is 0 Å². The zero-order valence-corrected chi connectivity index (χ0v) is 8.82. The normalized spacial score (nSPS) is 9.93. The van der Waals surface area contributed by atoms with E-state index in [0.717, 1.165) is 17.1 Å². The quantitative estimate of drug-likeness (QED) is 0.748. The molecule has 0 aromatic heterocycles. The Kier molecular flexibility index (Phi) is 3.25. The van der Waals surface area contributed by atoms with Crippen LogP contribution in [0.5, 0.6) is 11.5 Å². The maximum absolute atomic E-state index is 5.64. The first-order valence-corrected chi connectivity index (χ1v) is 5.08. The van der Waals surface area contributed by atoms with Crippen LogP contribution in [0.1, 0.15) is 5.56 Å². The fraction of sp³-hybridized carbons (Fsp3) is 0. The molecule has 0 aliphatic heterocycles. The van der Waals surface area contributed by atoms with Crippen LogP contribution in [0, 0.1) is 5.88 Å². The van der Waals surface area contributed by atoms with Gasteiger partial charge in [0.15, 0.2) is 0 Å². The van der Waals surface area contributed by atoms with Crippen LogP contribution in [0.4, 0.5) is 0 Å². The highest BCUT2D eigenvalue weighted by Gasteiger charge is 1.97. The predicted molar refractivity (Wildman–Crippen MR) is 62.2 cm³/mol. The van der Waals surface area contributed by atoms with Crippen LogP contribution in [-0.4, -0.2) is 0 Å². The highest BCUT2D eigenvalue weighted by Crippen LogP contribution is 2.22. The largest absolute Gasteiger partial charge is 0.457 e. The van der Waals surface area contributed by atoms with E-state index in [9.17, 15) is 0 Å². The van der Waals surface area contributed by atoms with Gasteiger partial charge in [0.1, 0.15) is 11.5 Å². The van der Waals surface area contributed by atoms with E-state index in [2.05, 4.69) is 0 Å². The molecule has 0 amide bonds. The molecule has 0 unspecified atom stereocenters. The molecule has 15 heavy (non-hydrogen) atoms. The second kappa shape index (κ2) is 4.85. The SMILES string of the molecule is Cl[CH]c1cccc(Oc2ccccc2)c1. The van der Waals surface area contributed by atoms with E-state index < -0.39 is 0 Å². The van der Waals surface area contributed by atoms with Crippen molar-refractivity contribution in [3.63, 3.8) is 0 Å². The van der Waals surface area contributed by atoms with Crippen molar-refractivity contribution in [3.8, 4) is 11.5 Å². The third-order valence-electron chi connectivity index (χ3n) is 1.96. The second-order valence-corrected chi connectivity index (χ2v) is 3.31. The molecular weight excluding hydrogens is 208 g/mol. The topological polar surface area (TPSA) is 9.23 Å². The van der Waals surface area contributed by atoms with Gasteiger partial charge in [-0.2, -0.15) is 0 Å². The molecule has 2 rings (SSSR count). The highest BCUT2D eigenvalue weighted by atomic mass is 35.5. The Hall–Kier alpha value is -1.47. The van der Waals surface area contributed by atoms with E-state index in [0.29, 0.717) is 0 Å². The van der Waals surface area contributed by atoms with Gasteiger partial charge < -0.3 is 4.74 Å². The van der Waals surface area contributed by atoms with Crippen molar-refractivity contribution in [2.24, 2.45) is 0 Å². The lowest BCUT2D eigenvalue weighted by molar-refractivity contribution is 0.482. The van der Waals surface area contributed by atoms with E-state index in [1.54, 1.807) is 0 Å². The Morgan fingerprint density at radius 2 is 1.60 bits per heavy atom. The second-order valence-electron chi connectivity index (χ2n) is 3.10. The van der Waals surface area contributed by atoms with E-state index in [1.165, 1.54) is 5.88 Å². The van der Waals surface area contributed by atoms with Crippen LogP contribution in [0.3, 0.4) is 0 Å². The van der Waals surface area contributed by atoms with E-state index in [1.807, 2.05) is 54.6 Å². The van der Waals surface area contributed by atoms with Gasteiger partial charge in [-0.3, -0.25) is 0 Å². The van der Waals surface area contributed by atoms with Gasteiger partial charge in [0.2, 0.25) is 0 Å². The minimum absolute atomic E-state index is 0.788. The molecular formula is C13H10ClO. The van der Waals surface area contributed by atoms with Gasteiger partial charge >= 0.3 is 0 Å². The Labute approximate surface area is 94.3 Å². The first-order chi connectivity index (χ1) is 7.38.